The number of aliphatic hydroxyl groups excluding tert-OH is 2. The highest BCUT2D eigenvalue weighted by molar-refractivity contribution is 5.74. The summed E-state index contributed by atoms with van der Waals surface area (Å²) in [6, 6.07) is 0. The summed E-state index contributed by atoms with van der Waals surface area (Å²) in [5.41, 5.74) is 0. The Morgan fingerprint density at radius 2 is 0.797 bits per heavy atom. The van der Waals surface area contributed by atoms with Crippen molar-refractivity contribution in [2.24, 2.45) is 0 Å². The monoisotopic (exact) mass is 1110 g/mol. The molecular formula is C67H110O12. The van der Waals surface area contributed by atoms with E-state index >= 15 is 0 Å². The molecule has 79 heavy (non-hydrogen) atoms. The van der Waals surface area contributed by atoms with Crippen LogP contribution in [0.15, 0.2) is 97.2 Å². The van der Waals surface area contributed by atoms with Crippen molar-refractivity contribution in [2.45, 2.75) is 289 Å². The Hall–Kier alpha value is -4.36. The molecule has 0 radical (unpaired) electrons. The number of allylic oxidation sites excluding steroid dienone is 16. The van der Waals surface area contributed by atoms with Crippen LogP contribution in [0.1, 0.15) is 252 Å². The number of ether oxygens (including phenoxy) is 5. The number of carbonyl (C=O) groups excluding carboxylic acids is 3. The van der Waals surface area contributed by atoms with Gasteiger partial charge in [-0.3, -0.25) is 14.4 Å². The molecule has 0 saturated carbocycles. The molecule has 6 atom stereocenters. The Labute approximate surface area is 479 Å². The van der Waals surface area contributed by atoms with Crippen molar-refractivity contribution in [1.82, 2.24) is 0 Å². The summed E-state index contributed by atoms with van der Waals surface area (Å²) in [5, 5.41) is 31.5. The molecule has 0 bridgehead atoms. The van der Waals surface area contributed by atoms with E-state index in [1.54, 1.807) is 0 Å². The van der Waals surface area contributed by atoms with Crippen molar-refractivity contribution in [2.75, 3.05) is 13.2 Å². The number of carboxylic acid groups (broad SMARTS) is 1. The average molecular weight is 1110 g/mol. The number of carbonyl (C=O) groups is 4. The van der Waals surface area contributed by atoms with Crippen LogP contribution in [0.2, 0.25) is 0 Å². The molecule has 0 amide bonds. The van der Waals surface area contributed by atoms with Gasteiger partial charge in [-0.2, -0.15) is 0 Å². The van der Waals surface area contributed by atoms with Gasteiger partial charge in [0.15, 0.2) is 24.6 Å². The van der Waals surface area contributed by atoms with E-state index in [0.717, 1.165) is 148 Å². The highest BCUT2D eigenvalue weighted by Crippen LogP contribution is 2.26. The molecule has 1 fully saturated rings. The van der Waals surface area contributed by atoms with E-state index in [1.165, 1.54) is 44.9 Å². The number of carboxylic acids is 1. The van der Waals surface area contributed by atoms with Crippen LogP contribution in [0.25, 0.3) is 0 Å². The predicted molar refractivity (Wildman–Crippen MR) is 321 cm³/mol. The summed E-state index contributed by atoms with van der Waals surface area (Å²) in [6.45, 7) is 5.80. The fraction of sp³-hybridized carbons (Fsp3) is 0.701. The minimum atomic E-state index is -1.92. The van der Waals surface area contributed by atoms with Gasteiger partial charge < -0.3 is 39.0 Å². The molecule has 0 aliphatic carbocycles. The lowest BCUT2D eigenvalue weighted by atomic mass is 9.98. The number of hydrogen-bond acceptors (Lipinski definition) is 11. The van der Waals surface area contributed by atoms with Gasteiger partial charge in [0.2, 0.25) is 0 Å². The van der Waals surface area contributed by atoms with Gasteiger partial charge in [-0.15, -0.1) is 0 Å². The van der Waals surface area contributed by atoms with Gasteiger partial charge in [0.25, 0.3) is 0 Å². The molecule has 6 unspecified atom stereocenters. The number of rotatable bonds is 52. The molecule has 0 aromatic carbocycles. The lowest BCUT2D eigenvalue weighted by Gasteiger charge is -2.40. The fourth-order valence-corrected chi connectivity index (χ4v) is 8.83. The Morgan fingerprint density at radius 3 is 1.22 bits per heavy atom. The summed E-state index contributed by atoms with van der Waals surface area (Å²) in [5.74, 6) is -3.18. The van der Waals surface area contributed by atoms with Crippen molar-refractivity contribution >= 4 is 23.9 Å². The third kappa shape index (κ3) is 44.0. The third-order valence-electron chi connectivity index (χ3n) is 13.6. The van der Waals surface area contributed by atoms with Crippen LogP contribution in [0.5, 0.6) is 0 Å². The number of esters is 3. The number of hydrogen-bond donors (Lipinski definition) is 3. The zero-order valence-corrected chi connectivity index (χ0v) is 49.6. The molecule has 1 saturated heterocycles. The topological polar surface area (TPSA) is 175 Å². The van der Waals surface area contributed by atoms with E-state index in [2.05, 4.69) is 118 Å². The molecule has 0 spiro atoms. The van der Waals surface area contributed by atoms with Crippen LogP contribution in [-0.4, -0.2) is 89.2 Å². The molecule has 1 rings (SSSR count). The maximum absolute atomic E-state index is 13.2. The summed E-state index contributed by atoms with van der Waals surface area (Å²) in [4.78, 5) is 51.2. The normalized spacial score (nSPS) is 18.5. The Balaban J connectivity index is 2.70. The quantitative estimate of drug-likeness (QED) is 0.0228. The van der Waals surface area contributed by atoms with Gasteiger partial charge in [-0.25, -0.2) is 4.79 Å². The maximum Gasteiger partial charge on any atom is 0.335 e. The van der Waals surface area contributed by atoms with Gasteiger partial charge in [-0.1, -0.05) is 208 Å². The van der Waals surface area contributed by atoms with Crippen LogP contribution in [0, 0.1) is 0 Å². The predicted octanol–water partition coefficient (Wildman–Crippen LogP) is 16.5. The Morgan fingerprint density at radius 1 is 0.430 bits per heavy atom. The molecule has 1 aliphatic heterocycles. The highest BCUT2D eigenvalue weighted by atomic mass is 16.7. The second-order valence-corrected chi connectivity index (χ2v) is 20.9. The third-order valence-corrected chi connectivity index (χ3v) is 13.6. The smallest absolute Gasteiger partial charge is 0.335 e. The molecule has 3 N–H and O–H groups in total. The lowest BCUT2D eigenvalue weighted by molar-refractivity contribution is -0.301. The molecule has 12 nitrogen and oxygen atoms in total. The van der Waals surface area contributed by atoms with Crippen LogP contribution in [0.4, 0.5) is 0 Å². The Kier molecular flexibility index (Phi) is 49.9. The molecule has 450 valence electrons. The molecular weight excluding hydrogens is 997 g/mol. The summed E-state index contributed by atoms with van der Waals surface area (Å²) < 4.78 is 28.4. The van der Waals surface area contributed by atoms with E-state index in [0.29, 0.717) is 19.3 Å². The molecule has 1 aliphatic rings. The van der Waals surface area contributed by atoms with Gasteiger partial charge in [-0.05, 0) is 122 Å². The van der Waals surface area contributed by atoms with Gasteiger partial charge >= 0.3 is 23.9 Å². The Bertz CT molecular complexity index is 1740. The fourth-order valence-electron chi connectivity index (χ4n) is 8.83. The maximum atomic E-state index is 13.2. The SMILES string of the molecule is CC/C=C\C/C=C\C/C=C\CCCCCCCC(=O)OC(COC(=O)CCCCCCCC/C=C\C/C=C\C/C=C\CCCCC)COC1OC(C(=O)O)C(O)C(O)C1OC(=O)CCCCCCC/C=C\C/C=C\CCCCC. The average Bonchev–Trinajstić information content (AvgIpc) is 3.46. The van der Waals surface area contributed by atoms with Crippen LogP contribution in [0.3, 0.4) is 0 Å². The van der Waals surface area contributed by atoms with Crippen molar-refractivity contribution in [1.29, 1.82) is 0 Å². The van der Waals surface area contributed by atoms with Crippen molar-refractivity contribution < 1.29 is 58.2 Å². The largest absolute Gasteiger partial charge is 0.479 e. The van der Waals surface area contributed by atoms with Crippen molar-refractivity contribution in [3.8, 4) is 0 Å². The van der Waals surface area contributed by atoms with Crippen LogP contribution < -0.4 is 0 Å². The van der Waals surface area contributed by atoms with Gasteiger partial charge in [0.1, 0.15) is 18.8 Å². The number of aliphatic hydroxyl groups is 2. The van der Waals surface area contributed by atoms with Crippen LogP contribution >= 0.6 is 0 Å². The zero-order chi connectivity index (χ0) is 57.5. The van der Waals surface area contributed by atoms with E-state index in [4.69, 9.17) is 23.7 Å². The minimum absolute atomic E-state index is 0.0371. The first-order chi connectivity index (χ1) is 38.6. The van der Waals surface area contributed by atoms with Gasteiger partial charge in [0, 0.05) is 19.3 Å². The first-order valence-corrected chi connectivity index (χ1v) is 31.2. The number of unbranched alkanes of at least 4 members (excludes halogenated alkanes) is 22. The van der Waals surface area contributed by atoms with Crippen LogP contribution in [-0.2, 0) is 42.9 Å². The van der Waals surface area contributed by atoms with E-state index in [9.17, 15) is 34.5 Å². The lowest BCUT2D eigenvalue weighted by Crippen LogP contribution is -2.61. The van der Waals surface area contributed by atoms with E-state index in [-0.39, 0.29) is 25.9 Å². The van der Waals surface area contributed by atoms with Crippen molar-refractivity contribution in [3.05, 3.63) is 97.2 Å². The summed E-state index contributed by atoms with van der Waals surface area (Å²) >= 11 is 0. The summed E-state index contributed by atoms with van der Waals surface area (Å²) in [7, 11) is 0. The standard InChI is InChI=1S/C67H110O12/c1-4-7-10-13-16-19-22-25-28-29-30-31-34-35-38-41-44-47-50-53-59(68)75-56-58(77-60(69)54-51-48-45-42-39-36-32-26-23-20-17-14-11-8-5-2)57-76-67-65(63(72)62(71)64(79-67)66(73)74)78-61(70)55-52-49-46-43-40-37-33-27-24-21-18-15-12-9-6-3/h8,11,16-21,25-28,30-33,58,62-65,67,71-72H,4-7,9-10,12-15,22-24,29,34-57H2,1-3H3,(H,73,74)/b11-8-,19-16-,20-17-,21-18-,28-25-,31-30-,32-26-,33-27-. The zero-order valence-electron chi connectivity index (χ0n) is 49.6. The number of aliphatic carboxylic acids is 1. The first kappa shape index (κ1) is 72.7. The minimum Gasteiger partial charge on any atom is -0.479 e. The second kappa shape index (κ2) is 54.2. The summed E-state index contributed by atoms with van der Waals surface area (Å²) in [6.07, 6.45) is 59.3. The first-order valence-electron chi connectivity index (χ1n) is 31.2. The van der Waals surface area contributed by atoms with E-state index < -0.39 is 67.3 Å². The molecule has 1 heterocycles. The molecule has 0 aromatic heterocycles. The second-order valence-electron chi connectivity index (χ2n) is 20.9. The highest BCUT2D eigenvalue weighted by Gasteiger charge is 2.50. The van der Waals surface area contributed by atoms with Crippen molar-refractivity contribution in [3.63, 3.8) is 0 Å². The van der Waals surface area contributed by atoms with Gasteiger partial charge in [0.05, 0.1) is 6.61 Å². The molecule has 0 aromatic rings. The van der Waals surface area contributed by atoms with E-state index in [1.807, 2.05) is 0 Å². The molecule has 12 heteroatoms.